The number of anilines is 2. The van der Waals surface area contributed by atoms with Gasteiger partial charge in [0.15, 0.2) is 0 Å². The number of amides is 1. The number of morpholine rings is 1. The van der Waals surface area contributed by atoms with Gasteiger partial charge >= 0.3 is 0 Å². The first-order chi connectivity index (χ1) is 18.5. The van der Waals surface area contributed by atoms with E-state index in [1.165, 1.54) is 28.5 Å². The average molecular weight is 599 g/mol. The molecule has 38 heavy (non-hydrogen) atoms. The van der Waals surface area contributed by atoms with Crippen molar-refractivity contribution in [2.75, 3.05) is 55.7 Å². The molecule has 2 aliphatic heterocycles. The molecule has 2 aromatic carbocycles. The highest BCUT2D eigenvalue weighted by Gasteiger charge is 2.56. The maximum Gasteiger partial charge on any atom is 0.268 e. The Balaban J connectivity index is 1.16. The number of hydrogen-bond donors (Lipinski definition) is 0. The number of carbonyl (C=O) groups is 1. The largest absolute Gasteiger partial charge is 0.378 e. The summed E-state index contributed by atoms with van der Waals surface area (Å²) in [5.74, 6) is 1.28. The molecule has 1 aliphatic carbocycles. The van der Waals surface area contributed by atoms with Crippen LogP contribution >= 0.6 is 27.3 Å². The van der Waals surface area contributed by atoms with Gasteiger partial charge in [0, 0.05) is 45.0 Å². The van der Waals surface area contributed by atoms with Gasteiger partial charge in [0.2, 0.25) is 0 Å². The summed E-state index contributed by atoms with van der Waals surface area (Å²) < 4.78 is 21.7. The topological polar surface area (TPSA) is 36.0 Å². The second-order valence-electron chi connectivity index (χ2n) is 10.6. The number of carbonyl (C=O) groups excluding carboxylic acids is 1. The SMILES string of the molecule is CCc1ccc(CN2CC3C(C2)C3CN(C(=O)c2ccc(Br)s2)c2ccc(N3CCOCC3)c(F)c2)cc1. The third-order valence-electron chi connectivity index (χ3n) is 8.30. The van der Waals surface area contributed by atoms with Gasteiger partial charge in [-0.15, -0.1) is 11.3 Å². The molecule has 3 fully saturated rings. The number of thiophene rings is 1. The number of likely N-dealkylation sites (tertiary alicyclic amines) is 1. The normalized spacial score (nSPS) is 22.9. The number of benzene rings is 2. The van der Waals surface area contributed by atoms with Crippen molar-refractivity contribution in [3.05, 3.63) is 80.2 Å². The van der Waals surface area contributed by atoms with E-state index in [4.69, 9.17) is 4.74 Å². The summed E-state index contributed by atoms with van der Waals surface area (Å²) in [6, 6.07) is 17.9. The number of halogens is 2. The number of piperidine rings is 1. The van der Waals surface area contributed by atoms with Crippen LogP contribution in [-0.2, 0) is 17.7 Å². The molecule has 5 nitrogen and oxygen atoms in total. The van der Waals surface area contributed by atoms with Gasteiger partial charge in [0.25, 0.3) is 5.91 Å². The number of aryl methyl sites for hydroxylation is 1. The van der Waals surface area contributed by atoms with E-state index in [0.29, 0.717) is 66.9 Å². The molecule has 2 saturated heterocycles. The summed E-state index contributed by atoms with van der Waals surface area (Å²) in [7, 11) is 0. The molecule has 1 saturated carbocycles. The summed E-state index contributed by atoms with van der Waals surface area (Å²) in [5, 5.41) is 0. The third kappa shape index (κ3) is 5.41. The van der Waals surface area contributed by atoms with Gasteiger partial charge in [-0.25, -0.2) is 4.39 Å². The predicted molar refractivity (Wildman–Crippen MR) is 155 cm³/mol. The summed E-state index contributed by atoms with van der Waals surface area (Å²) in [5.41, 5.74) is 3.94. The zero-order valence-electron chi connectivity index (χ0n) is 21.6. The second kappa shape index (κ2) is 11.1. The summed E-state index contributed by atoms with van der Waals surface area (Å²) in [4.78, 5) is 20.7. The van der Waals surface area contributed by atoms with Gasteiger partial charge in [-0.2, -0.15) is 0 Å². The Hall–Kier alpha value is -2.26. The molecule has 200 valence electrons. The summed E-state index contributed by atoms with van der Waals surface area (Å²) >= 11 is 4.91. The van der Waals surface area contributed by atoms with Crippen molar-refractivity contribution in [2.45, 2.75) is 19.9 Å². The van der Waals surface area contributed by atoms with Gasteiger partial charge in [0.1, 0.15) is 5.82 Å². The van der Waals surface area contributed by atoms with Crippen LogP contribution < -0.4 is 9.80 Å². The Morgan fingerprint density at radius 3 is 2.39 bits per heavy atom. The van der Waals surface area contributed by atoms with E-state index in [9.17, 15) is 4.79 Å². The average Bonchev–Trinajstić information content (AvgIpc) is 3.23. The molecule has 2 atom stereocenters. The van der Waals surface area contributed by atoms with Gasteiger partial charge < -0.3 is 14.5 Å². The zero-order chi connectivity index (χ0) is 26.2. The van der Waals surface area contributed by atoms with Crippen molar-refractivity contribution >= 4 is 44.5 Å². The summed E-state index contributed by atoms with van der Waals surface area (Å²) in [6.07, 6.45) is 1.06. The lowest BCUT2D eigenvalue weighted by molar-refractivity contribution is 0.0988. The molecule has 1 amide bonds. The van der Waals surface area contributed by atoms with Crippen LogP contribution in [0.25, 0.3) is 0 Å². The van der Waals surface area contributed by atoms with E-state index in [1.54, 1.807) is 4.90 Å². The van der Waals surface area contributed by atoms with Crippen molar-refractivity contribution in [3.8, 4) is 0 Å². The standard InChI is InChI=1S/C30H33BrFN3O2S/c1-2-20-3-5-21(6-4-20)16-33-17-23-24(18-33)25(23)19-35(30(36)28-9-10-29(31)38-28)22-7-8-27(26(32)15-22)34-11-13-37-14-12-34/h3-10,15,23-25H,2,11-14,16-19H2,1H3. The second-order valence-corrected chi connectivity index (χ2v) is 13.1. The van der Waals surface area contributed by atoms with Crippen LogP contribution in [0.15, 0.2) is 58.4 Å². The van der Waals surface area contributed by atoms with Crippen molar-refractivity contribution in [2.24, 2.45) is 17.8 Å². The van der Waals surface area contributed by atoms with Crippen LogP contribution in [0.1, 0.15) is 27.7 Å². The molecule has 3 heterocycles. The molecular formula is C30H33BrFN3O2S. The van der Waals surface area contributed by atoms with Crippen LogP contribution in [-0.4, -0.2) is 56.7 Å². The van der Waals surface area contributed by atoms with Crippen molar-refractivity contribution < 1.29 is 13.9 Å². The highest BCUT2D eigenvalue weighted by molar-refractivity contribution is 9.11. The Morgan fingerprint density at radius 2 is 1.76 bits per heavy atom. The van der Waals surface area contributed by atoms with E-state index >= 15 is 4.39 Å². The first kappa shape index (κ1) is 26.0. The van der Waals surface area contributed by atoms with E-state index < -0.39 is 0 Å². The molecule has 0 N–H and O–H groups in total. The van der Waals surface area contributed by atoms with E-state index in [0.717, 1.165) is 29.8 Å². The molecule has 0 spiro atoms. The number of hydrogen-bond acceptors (Lipinski definition) is 5. The van der Waals surface area contributed by atoms with Crippen LogP contribution in [0.4, 0.5) is 15.8 Å². The van der Waals surface area contributed by atoms with Gasteiger partial charge in [-0.3, -0.25) is 9.69 Å². The quantitative estimate of drug-likeness (QED) is 0.315. The fourth-order valence-corrected chi connectivity index (χ4v) is 7.41. The molecule has 2 unspecified atom stereocenters. The molecule has 8 heteroatoms. The Morgan fingerprint density at radius 1 is 1.05 bits per heavy atom. The molecule has 0 bridgehead atoms. The first-order valence-corrected chi connectivity index (χ1v) is 15.1. The maximum absolute atomic E-state index is 15.3. The highest BCUT2D eigenvalue weighted by atomic mass is 79.9. The van der Waals surface area contributed by atoms with Crippen LogP contribution in [0.2, 0.25) is 0 Å². The number of nitrogens with zero attached hydrogens (tertiary/aromatic N) is 3. The van der Waals surface area contributed by atoms with Crippen molar-refractivity contribution in [3.63, 3.8) is 0 Å². The number of rotatable bonds is 8. The number of ether oxygens (including phenoxy) is 1. The van der Waals surface area contributed by atoms with E-state index in [1.807, 2.05) is 29.2 Å². The fourth-order valence-electron chi connectivity index (χ4n) is 6.08. The lowest BCUT2D eigenvalue weighted by Crippen LogP contribution is -2.37. The lowest BCUT2D eigenvalue weighted by atomic mass is 10.1. The van der Waals surface area contributed by atoms with Gasteiger partial charge in [-0.05, 0) is 81.6 Å². The molecule has 1 aromatic heterocycles. The predicted octanol–water partition coefficient (Wildman–Crippen LogP) is 6.07. The monoisotopic (exact) mass is 597 g/mol. The molecule has 3 aliphatic rings. The molecule has 6 rings (SSSR count). The lowest BCUT2D eigenvalue weighted by Gasteiger charge is -2.30. The molecule has 3 aromatic rings. The minimum atomic E-state index is -0.286. The zero-order valence-corrected chi connectivity index (χ0v) is 24.0. The molecular weight excluding hydrogens is 565 g/mol. The minimum Gasteiger partial charge on any atom is -0.378 e. The smallest absolute Gasteiger partial charge is 0.268 e. The molecule has 0 radical (unpaired) electrons. The van der Waals surface area contributed by atoms with Crippen molar-refractivity contribution in [1.29, 1.82) is 0 Å². The Bertz CT molecular complexity index is 1280. The van der Waals surface area contributed by atoms with Gasteiger partial charge in [0.05, 0.1) is 27.6 Å². The maximum atomic E-state index is 15.3. The Labute approximate surface area is 236 Å². The van der Waals surface area contributed by atoms with Crippen molar-refractivity contribution in [1.82, 2.24) is 4.90 Å². The highest BCUT2D eigenvalue weighted by Crippen LogP contribution is 2.52. The van der Waals surface area contributed by atoms with E-state index in [-0.39, 0.29) is 11.7 Å². The summed E-state index contributed by atoms with van der Waals surface area (Å²) in [6.45, 7) is 8.45. The van der Waals surface area contributed by atoms with Crippen LogP contribution in [0, 0.1) is 23.6 Å². The third-order valence-corrected chi connectivity index (χ3v) is 9.91. The Kier molecular flexibility index (Phi) is 7.58. The van der Waals surface area contributed by atoms with Gasteiger partial charge in [-0.1, -0.05) is 31.2 Å². The fraction of sp³-hybridized carbons (Fsp3) is 0.433. The van der Waals surface area contributed by atoms with E-state index in [2.05, 4.69) is 52.0 Å². The first-order valence-electron chi connectivity index (χ1n) is 13.5. The minimum absolute atomic E-state index is 0.0583. The number of fused-ring (bicyclic) bond motifs is 1. The van der Waals surface area contributed by atoms with Crippen LogP contribution in [0.3, 0.4) is 0 Å². The van der Waals surface area contributed by atoms with Crippen LogP contribution in [0.5, 0.6) is 0 Å².